The summed E-state index contributed by atoms with van der Waals surface area (Å²) < 4.78 is 2.06. The molecule has 0 saturated carbocycles. The maximum absolute atomic E-state index is 11.6. The first-order chi connectivity index (χ1) is 6.93. The molecule has 0 unspecified atom stereocenters. The van der Waals surface area contributed by atoms with E-state index in [2.05, 4.69) is 26.3 Å². The molecule has 1 rings (SSSR count). The van der Waals surface area contributed by atoms with Crippen LogP contribution in [0, 0.1) is 0 Å². The van der Waals surface area contributed by atoms with Crippen LogP contribution in [0.4, 0.5) is 0 Å². The fourth-order valence-corrected chi connectivity index (χ4v) is 1.29. The third-order valence-corrected chi connectivity index (χ3v) is 2.83. The average Bonchev–Trinajstić information content (AvgIpc) is 2.47. The molecule has 0 aliphatic rings. The Hall–Kier alpha value is -1.37. The Balaban J connectivity index is 2.78. The molecule has 0 fully saturated rings. The van der Waals surface area contributed by atoms with Crippen LogP contribution in [0.1, 0.15) is 17.3 Å². The molecular weight excluding hydrogens is 264 g/mol. The van der Waals surface area contributed by atoms with Crippen molar-refractivity contribution in [2.45, 2.75) is 13.0 Å². The standard InChI is InChI=1S/C8H11BrN4O2/c1-4(7(10)14)12-8(15)5-3-11-13(2)6(5)9/h3-4H,1-2H3,(H2,10,14)(H,12,15)/t4-/m0/s1. The normalized spacial score (nSPS) is 12.2. The van der Waals surface area contributed by atoms with Crippen LogP contribution in [0.5, 0.6) is 0 Å². The van der Waals surface area contributed by atoms with Gasteiger partial charge >= 0.3 is 0 Å². The first-order valence-corrected chi connectivity index (χ1v) is 5.00. The van der Waals surface area contributed by atoms with E-state index in [9.17, 15) is 9.59 Å². The molecule has 0 spiro atoms. The molecule has 0 saturated heterocycles. The van der Waals surface area contributed by atoms with Crippen LogP contribution in [0.25, 0.3) is 0 Å². The predicted octanol–water partition coefficient (Wildman–Crippen LogP) is -0.214. The summed E-state index contributed by atoms with van der Waals surface area (Å²) in [7, 11) is 1.69. The molecule has 7 heteroatoms. The molecule has 15 heavy (non-hydrogen) atoms. The minimum atomic E-state index is -0.704. The Bertz CT molecular complexity index is 401. The summed E-state index contributed by atoms with van der Waals surface area (Å²) in [4.78, 5) is 22.3. The summed E-state index contributed by atoms with van der Waals surface area (Å²) in [5.41, 5.74) is 5.39. The van der Waals surface area contributed by atoms with Gasteiger partial charge in [0.2, 0.25) is 5.91 Å². The fraction of sp³-hybridized carbons (Fsp3) is 0.375. The fourth-order valence-electron chi connectivity index (χ4n) is 0.920. The number of nitrogens with zero attached hydrogens (tertiary/aromatic N) is 2. The van der Waals surface area contributed by atoms with Gasteiger partial charge < -0.3 is 11.1 Å². The van der Waals surface area contributed by atoms with Gasteiger partial charge in [-0.05, 0) is 22.9 Å². The van der Waals surface area contributed by atoms with E-state index in [1.807, 2.05) is 0 Å². The zero-order valence-electron chi connectivity index (χ0n) is 8.32. The van der Waals surface area contributed by atoms with E-state index in [1.165, 1.54) is 17.8 Å². The van der Waals surface area contributed by atoms with Crippen LogP contribution in [-0.4, -0.2) is 27.6 Å². The quantitative estimate of drug-likeness (QED) is 0.799. The van der Waals surface area contributed by atoms with Gasteiger partial charge in [-0.2, -0.15) is 5.10 Å². The summed E-state index contributed by atoms with van der Waals surface area (Å²) >= 11 is 3.20. The zero-order valence-corrected chi connectivity index (χ0v) is 9.91. The molecule has 0 aliphatic carbocycles. The molecule has 0 bridgehead atoms. The molecule has 1 atom stereocenters. The van der Waals surface area contributed by atoms with Crippen molar-refractivity contribution in [3.63, 3.8) is 0 Å². The predicted molar refractivity (Wildman–Crippen MR) is 57.0 cm³/mol. The monoisotopic (exact) mass is 274 g/mol. The second-order valence-corrected chi connectivity index (χ2v) is 3.82. The summed E-state index contributed by atoms with van der Waals surface area (Å²) in [6, 6.07) is -0.704. The molecule has 3 N–H and O–H groups in total. The number of primary amides is 1. The van der Waals surface area contributed by atoms with Crippen molar-refractivity contribution in [1.82, 2.24) is 15.1 Å². The number of rotatable bonds is 3. The highest BCUT2D eigenvalue weighted by Gasteiger charge is 2.18. The largest absolute Gasteiger partial charge is 0.368 e. The third kappa shape index (κ3) is 2.56. The Labute approximate surface area is 94.9 Å². The first kappa shape index (κ1) is 11.7. The van der Waals surface area contributed by atoms with Crippen molar-refractivity contribution in [3.05, 3.63) is 16.4 Å². The lowest BCUT2D eigenvalue weighted by molar-refractivity contribution is -0.119. The summed E-state index contributed by atoms with van der Waals surface area (Å²) in [6.07, 6.45) is 1.41. The van der Waals surface area contributed by atoms with E-state index >= 15 is 0 Å². The van der Waals surface area contributed by atoms with Gasteiger partial charge in [0, 0.05) is 7.05 Å². The zero-order chi connectivity index (χ0) is 11.6. The summed E-state index contributed by atoms with van der Waals surface area (Å²) in [5, 5.41) is 6.34. The van der Waals surface area contributed by atoms with Crippen LogP contribution >= 0.6 is 15.9 Å². The molecule has 1 aromatic rings. The number of halogens is 1. The molecule has 2 amide bonds. The van der Waals surface area contributed by atoms with Gasteiger partial charge in [0.1, 0.15) is 10.6 Å². The highest BCUT2D eigenvalue weighted by atomic mass is 79.9. The maximum atomic E-state index is 11.6. The highest BCUT2D eigenvalue weighted by molar-refractivity contribution is 9.10. The van der Waals surface area contributed by atoms with E-state index in [0.29, 0.717) is 10.2 Å². The second-order valence-electron chi connectivity index (χ2n) is 3.07. The number of amides is 2. The number of hydrogen-bond donors (Lipinski definition) is 2. The Kier molecular flexibility index (Phi) is 3.46. The smallest absolute Gasteiger partial charge is 0.256 e. The molecule has 1 aromatic heterocycles. The number of carbonyl (C=O) groups excluding carboxylic acids is 2. The minimum Gasteiger partial charge on any atom is -0.368 e. The second kappa shape index (κ2) is 4.43. The summed E-state index contributed by atoms with van der Waals surface area (Å²) in [5.74, 6) is -0.968. The number of aryl methyl sites for hydroxylation is 1. The topological polar surface area (TPSA) is 90.0 Å². The average molecular weight is 275 g/mol. The van der Waals surface area contributed by atoms with Gasteiger partial charge in [0.05, 0.1) is 11.8 Å². The van der Waals surface area contributed by atoms with Gasteiger partial charge in [0.15, 0.2) is 0 Å². The Morgan fingerprint density at radius 1 is 1.67 bits per heavy atom. The molecular formula is C8H11BrN4O2. The van der Waals surface area contributed by atoms with Crippen LogP contribution in [0.3, 0.4) is 0 Å². The van der Waals surface area contributed by atoms with Gasteiger partial charge in [-0.15, -0.1) is 0 Å². The van der Waals surface area contributed by atoms with Gasteiger partial charge in [-0.25, -0.2) is 0 Å². The Morgan fingerprint density at radius 3 is 2.67 bits per heavy atom. The van der Waals surface area contributed by atoms with Crippen LogP contribution in [0.15, 0.2) is 10.8 Å². The summed E-state index contributed by atoms with van der Waals surface area (Å²) in [6.45, 7) is 1.52. The van der Waals surface area contributed by atoms with E-state index in [-0.39, 0.29) is 5.91 Å². The SMILES string of the molecule is C[C@H](NC(=O)c1cnn(C)c1Br)C(N)=O. The molecule has 0 radical (unpaired) electrons. The first-order valence-electron chi connectivity index (χ1n) is 4.21. The molecule has 6 nitrogen and oxygen atoms in total. The van der Waals surface area contributed by atoms with Crippen LogP contribution in [-0.2, 0) is 11.8 Å². The van der Waals surface area contributed by atoms with Crippen molar-refractivity contribution in [2.24, 2.45) is 12.8 Å². The molecule has 82 valence electrons. The van der Waals surface area contributed by atoms with E-state index in [1.54, 1.807) is 7.05 Å². The Morgan fingerprint density at radius 2 is 2.27 bits per heavy atom. The van der Waals surface area contributed by atoms with Crippen LogP contribution in [0.2, 0.25) is 0 Å². The van der Waals surface area contributed by atoms with Gasteiger partial charge in [0.25, 0.3) is 5.91 Å². The van der Waals surface area contributed by atoms with Crippen LogP contribution < -0.4 is 11.1 Å². The third-order valence-electron chi connectivity index (χ3n) is 1.89. The lowest BCUT2D eigenvalue weighted by Gasteiger charge is -2.08. The van der Waals surface area contributed by atoms with E-state index in [4.69, 9.17) is 5.73 Å². The van der Waals surface area contributed by atoms with Crippen molar-refractivity contribution in [3.8, 4) is 0 Å². The van der Waals surface area contributed by atoms with Gasteiger partial charge in [-0.1, -0.05) is 0 Å². The van der Waals surface area contributed by atoms with E-state index < -0.39 is 11.9 Å². The minimum absolute atomic E-state index is 0.366. The van der Waals surface area contributed by atoms with E-state index in [0.717, 1.165) is 0 Å². The number of nitrogens with one attached hydrogen (secondary N) is 1. The molecule has 0 aliphatic heterocycles. The van der Waals surface area contributed by atoms with Crippen molar-refractivity contribution >= 4 is 27.7 Å². The lowest BCUT2D eigenvalue weighted by Crippen LogP contribution is -2.42. The number of nitrogens with two attached hydrogens (primary N) is 1. The number of carbonyl (C=O) groups is 2. The maximum Gasteiger partial charge on any atom is 0.256 e. The number of aromatic nitrogens is 2. The van der Waals surface area contributed by atoms with Gasteiger partial charge in [-0.3, -0.25) is 14.3 Å². The highest BCUT2D eigenvalue weighted by Crippen LogP contribution is 2.14. The van der Waals surface area contributed by atoms with Crippen molar-refractivity contribution in [2.75, 3.05) is 0 Å². The molecule has 0 aromatic carbocycles. The van der Waals surface area contributed by atoms with Crippen molar-refractivity contribution < 1.29 is 9.59 Å². The number of hydrogen-bond acceptors (Lipinski definition) is 3. The molecule has 1 heterocycles. The lowest BCUT2D eigenvalue weighted by atomic mass is 10.3. The van der Waals surface area contributed by atoms with Crippen molar-refractivity contribution in [1.29, 1.82) is 0 Å².